The molecule has 0 saturated carbocycles. The number of aromatic nitrogens is 6. The van der Waals surface area contributed by atoms with Gasteiger partial charge in [-0.2, -0.15) is 23.4 Å². The highest BCUT2D eigenvalue weighted by Gasteiger charge is 2.32. The second kappa shape index (κ2) is 6.82. The van der Waals surface area contributed by atoms with Crippen LogP contribution in [0.4, 0.5) is 18.9 Å². The van der Waals surface area contributed by atoms with Crippen LogP contribution in [0.5, 0.6) is 0 Å². The SMILES string of the molecule is Cc1ncc2cnn(C)c2c1NSc1ccc(-n2cc(C(F)(F)F)cn2)nc1. The van der Waals surface area contributed by atoms with Crippen LogP contribution in [0.25, 0.3) is 16.7 Å². The Morgan fingerprint density at radius 3 is 2.54 bits per heavy atom. The second-order valence-corrected chi connectivity index (χ2v) is 6.90. The van der Waals surface area contributed by atoms with E-state index in [0.29, 0.717) is 5.82 Å². The molecule has 144 valence electrons. The molecule has 0 fully saturated rings. The number of halogens is 3. The van der Waals surface area contributed by atoms with Gasteiger partial charge in [-0.15, -0.1) is 0 Å². The van der Waals surface area contributed by atoms with Crippen molar-refractivity contribution in [3.8, 4) is 5.82 Å². The van der Waals surface area contributed by atoms with Crippen molar-refractivity contribution in [2.75, 3.05) is 4.72 Å². The molecule has 0 aliphatic carbocycles. The third-order valence-corrected chi connectivity index (χ3v) is 4.88. The molecule has 0 atom stereocenters. The largest absolute Gasteiger partial charge is 0.419 e. The van der Waals surface area contributed by atoms with Crippen molar-refractivity contribution in [1.29, 1.82) is 0 Å². The zero-order valence-corrected chi connectivity index (χ0v) is 15.6. The van der Waals surface area contributed by atoms with Gasteiger partial charge in [-0.3, -0.25) is 9.67 Å². The van der Waals surface area contributed by atoms with Gasteiger partial charge in [0.2, 0.25) is 0 Å². The van der Waals surface area contributed by atoms with Crippen LogP contribution < -0.4 is 4.72 Å². The lowest BCUT2D eigenvalue weighted by atomic mass is 10.2. The van der Waals surface area contributed by atoms with Crippen LogP contribution in [0.1, 0.15) is 11.3 Å². The van der Waals surface area contributed by atoms with Gasteiger partial charge in [-0.1, -0.05) is 0 Å². The average molecular weight is 405 g/mol. The van der Waals surface area contributed by atoms with Gasteiger partial charge >= 0.3 is 6.18 Å². The Balaban J connectivity index is 1.52. The van der Waals surface area contributed by atoms with Crippen LogP contribution in [0.2, 0.25) is 0 Å². The average Bonchev–Trinajstić information content (AvgIpc) is 3.29. The number of rotatable bonds is 4. The number of hydrogen-bond donors (Lipinski definition) is 1. The lowest BCUT2D eigenvalue weighted by molar-refractivity contribution is -0.137. The van der Waals surface area contributed by atoms with Gasteiger partial charge in [-0.25, -0.2) is 9.67 Å². The van der Waals surface area contributed by atoms with Gasteiger partial charge in [0.05, 0.1) is 34.9 Å². The molecule has 1 N–H and O–H groups in total. The smallest absolute Gasteiger partial charge is 0.322 e. The molecule has 4 aromatic heterocycles. The van der Waals surface area contributed by atoms with Gasteiger partial charge in [0.25, 0.3) is 0 Å². The molecular formula is C17H14F3N7S. The number of pyridine rings is 2. The van der Waals surface area contributed by atoms with Crippen molar-refractivity contribution >= 4 is 28.5 Å². The summed E-state index contributed by atoms with van der Waals surface area (Å²) >= 11 is 1.32. The summed E-state index contributed by atoms with van der Waals surface area (Å²) in [4.78, 5) is 9.33. The van der Waals surface area contributed by atoms with Crippen molar-refractivity contribution in [3.05, 3.63) is 54.4 Å². The van der Waals surface area contributed by atoms with E-state index in [4.69, 9.17) is 0 Å². The molecule has 0 aliphatic rings. The highest BCUT2D eigenvalue weighted by atomic mass is 32.2. The van der Waals surface area contributed by atoms with Gasteiger partial charge in [0.15, 0.2) is 5.82 Å². The predicted molar refractivity (Wildman–Crippen MR) is 99.1 cm³/mol. The minimum absolute atomic E-state index is 0.298. The monoisotopic (exact) mass is 405 g/mol. The van der Waals surface area contributed by atoms with Crippen molar-refractivity contribution in [3.63, 3.8) is 0 Å². The lowest BCUT2D eigenvalue weighted by Crippen LogP contribution is -2.03. The number of fused-ring (bicyclic) bond motifs is 1. The predicted octanol–water partition coefficient (Wildman–Crippen LogP) is 4.00. The van der Waals surface area contributed by atoms with Crippen molar-refractivity contribution < 1.29 is 13.2 Å². The molecule has 0 radical (unpaired) electrons. The van der Waals surface area contributed by atoms with Crippen molar-refractivity contribution in [2.24, 2.45) is 7.05 Å². The lowest BCUT2D eigenvalue weighted by Gasteiger charge is -2.10. The van der Waals surface area contributed by atoms with E-state index < -0.39 is 11.7 Å². The molecule has 11 heteroatoms. The van der Waals surface area contributed by atoms with Gasteiger partial charge in [-0.05, 0) is 31.0 Å². The summed E-state index contributed by atoms with van der Waals surface area (Å²) in [7, 11) is 1.85. The summed E-state index contributed by atoms with van der Waals surface area (Å²) in [6, 6.07) is 3.36. The first kappa shape index (κ1) is 18.3. The zero-order chi connectivity index (χ0) is 19.9. The standard InChI is InChI=1S/C17H14F3N7S/c1-10-15(16-11(5-21-10)6-23-26(16)2)25-28-13-3-4-14(22-8-13)27-9-12(7-24-27)17(18,19)20/h3-9,25H,1-2H3. The quantitative estimate of drug-likeness (QED) is 0.518. The molecule has 0 aliphatic heterocycles. The first-order valence-corrected chi connectivity index (χ1v) is 8.93. The molecule has 28 heavy (non-hydrogen) atoms. The van der Waals surface area contributed by atoms with Gasteiger partial charge < -0.3 is 4.72 Å². The highest BCUT2D eigenvalue weighted by Crippen LogP contribution is 2.30. The Kier molecular flexibility index (Phi) is 4.46. The summed E-state index contributed by atoms with van der Waals surface area (Å²) in [6.45, 7) is 1.90. The van der Waals surface area contributed by atoms with Crippen LogP contribution in [-0.2, 0) is 13.2 Å². The first-order chi connectivity index (χ1) is 13.3. The third-order valence-electron chi connectivity index (χ3n) is 4.10. The molecule has 4 heterocycles. The molecule has 0 bridgehead atoms. The van der Waals surface area contributed by atoms with Gasteiger partial charge in [0, 0.05) is 35.9 Å². The fourth-order valence-corrected chi connectivity index (χ4v) is 3.36. The molecular weight excluding hydrogens is 391 g/mol. The topological polar surface area (TPSA) is 73.5 Å². The molecule has 0 spiro atoms. The van der Waals surface area contributed by atoms with E-state index in [0.717, 1.165) is 44.3 Å². The van der Waals surface area contributed by atoms with E-state index in [1.165, 1.54) is 11.9 Å². The van der Waals surface area contributed by atoms with Crippen molar-refractivity contribution in [1.82, 2.24) is 29.5 Å². The van der Waals surface area contributed by atoms with E-state index in [9.17, 15) is 13.2 Å². The number of hydrogen-bond acceptors (Lipinski definition) is 6. The van der Waals surface area contributed by atoms with Gasteiger partial charge in [0.1, 0.15) is 0 Å². The van der Waals surface area contributed by atoms with E-state index in [2.05, 4.69) is 24.9 Å². The summed E-state index contributed by atoms with van der Waals surface area (Å²) in [5.74, 6) is 0.298. The van der Waals surface area contributed by atoms with E-state index in [1.54, 1.807) is 35.4 Å². The summed E-state index contributed by atoms with van der Waals surface area (Å²) in [5.41, 5.74) is 1.78. The summed E-state index contributed by atoms with van der Waals surface area (Å²) in [5, 5.41) is 8.88. The number of anilines is 1. The van der Waals surface area contributed by atoms with E-state index >= 15 is 0 Å². The zero-order valence-electron chi connectivity index (χ0n) is 14.8. The maximum Gasteiger partial charge on any atom is 0.419 e. The molecule has 7 nitrogen and oxygen atoms in total. The van der Waals surface area contributed by atoms with Crippen LogP contribution in [0, 0.1) is 6.92 Å². The summed E-state index contributed by atoms with van der Waals surface area (Å²) < 4.78 is 44.2. The minimum Gasteiger partial charge on any atom is -0.322 e. The Morgan fingerprint density at radius 2 is 1.86 bits per heavy atom. The maximum atomic E-state index is 12.7. The van der Waals surface area contributed by atoms with Crippen LogP contribution in [0.3, 0.4) is 0 Å². The Hall–Kier alpha value is -3.08. The first-order valence-electron chi connectivity index (χ1n) is 8.11. The number of alkyl halides is 3. The van der Waals surface area contributed by atoms with Crippen LogP contribution in [-0.4, -0.2) is 29.5 Å². The van der Waals surface area contributed by atoms with Crippen molar-refractivity contribution in [2.45, 2.75) is 18.0 Å². The molecule has 4 aromatic rings. The molecule has 0 saturated heterocycles. The highest BCUT2D eigenvalue weighted by molar-refractivity contribution is 8.00. The van der Waals surface area contributed by atoms with E-state index in [-0.39, 0.29) is 0 Å². The summed E-state index contributed by atoms with van der Waals surface area (Å²) in [6.07, 6.45) is 2.32. The number of aryl methyl sites for hydroxylation is 2. The Bertz CT molecular complexity index is 1130. The second-order valence-electron chi connectivity index (χ2n) is 6.02. The Labute approximate surface area is 161 Å². The van der Waals surface area contributed by atoms with Crippen LogP contribution >= 0.6 is 11.9 Å². The minimum atomic E-state index is -4.43. The maximum absolute atomic E-state index is 12.7. The number of nitrogens with zero attached hydrogens (tertiary/aromatic N) is 6. The molecule has 0 unspecified atom stereocenters. The van der Waals surface area contributed by atoms with Crippen LogP contribution in [0.15, 0.2) is 48.0 Å². The molecule has 0 amide bonds. The third kappa shape index (κ3) is 3.40. The Morgan fingerprint density at radius 1 is 1.04 bits per heavy atom. The molecule has 0 aromatic carbocycles. The fraction of sp³-hybridized carbons (Fsp3) is 0.176. The number of nitrogens with one attached hydrogen (secondary N) is 1. The van der Waals surface area contributed by atoms with E-state index in [1.807, 2.05) is 14.0 Å². The normalized spacial score (nSPS) is 11.9. The molecule has 4 rings (SSSR count). The fourth-order valence-electron chi connectivity index (χ4n) is 2.65.